The van der Waals surface area contributed by atoms with E-state index in [0.29, 0.717) is 31.6 Å². The van der Waals surface area contributed by atoms with E-state index in [1.165, 1.54) is 10.4 Å². The smallest absolute Gasteiger partial charge is 0.219 e. The van der Waals surface area contributed by atoms with E-state index in [4.69, 9.17) is 4.74 Å². The predicted molar refractivity (Wildman–Crippen MR) is 73.3 cm³/mol. The first-order valence-electron chi connectivity index (χ1n) is 6.87. The first-order valence-corrected chi connectivity index (χ1v) is 8.37. The Morgan fingerprint density at radius 1 is 1.40 bits per heavy atom. The van der Waals surface area contributed by atoms with Crippen LogP contribution in [0.25, 0.3) is 0 Å². The van der Waals surface area contributed by atoms with E-state index in [9.17, 15) is 12.8 Å². The summed E-state index contributed by atoms with van der Waals surface area (Å²) in [6, 6.07) is 4.86. The van der Waals surface area contributed by atoms with Crippen LogP contribution in [-0.2, 0) is 27.7 Å². The highest BCUT2D eigenvalue weighted by Crippen LogP contribution is 2.29. The molecule has 4 nitrogen and oxygen atoms in total. The van der Waals surface area contributed by atoms with Crippen LogP contribution in [0.5, 0.6) is 0 Å². The lowest BCUT2D eigenvalue weighted by molar-refractivity contribution is 0.125. The van der Waals surface area contributed by atoms with Gasteiger partial charge in [0.1, 0.15) is 11.1 Å². The summed E-state index contributed by atoms with van der Waals surface area (Å²) in [4.78, 5) is 0. The maximum absolute atomic E-state index is 13.7. The van der Waals surface area contributed by atoms with Gasteiger partial charge in [0.05, 0.1) is 6.10 Å². The first-order chi connectivity index (χ1) is 9.50. The number of fused-ring (bicyclic) bond motifs is 1. The Morgan fingerprint density at radius 3 is 2.90 bits per heavy atom. The molecule has 1 fully saturated rings. The van der Waals surface area contributed by atoms with E-state index in [1.54, 1.807) is 19.1 Å². The minimum Gasteiger partial charge on any atom is -0.377 e. The second kappa shape index (κ2) is 5.09. The van der Waals surface area contributed by atoms with E-state index < -0.39 is 15.3 Å². The molecule has 0 N–H and O–H groups in total. The van der Waals surface area contributed by atoms with Crippen LogP contribution in [0.2, 0.25) is 0 Å². The van der Waals surface area contributed by atoms with E-state index in [-0.39, 0.29) is 18.5 Å². The molecule has 2 aliphatic rings. The monoisotopic (exact) mass is 299 g/mol. The second-order valence-electron chi connectivity index (χ2n) is 5.41. The zero-order valence-corrected chi connectivity index (χ0v) is 12.2. The highest BCUT2D eigenvalue weighted by atomic mass is 32.2. The molecule has 6 heteroatoms. The van der Waals surface area contributed by atoms with Gasteiger partial charge in [-0.1, -0.05) is 12.1 Å². The topological polar surface area (TPSA) is 46.6 Å². The van der Waals surface area contributed by atoms with Gasteiger partial charge < -0.3 is 4.74 Å². The fourth-order valence-corrected chi connectivity index (χ4v) is 5.05. The average molecular weight is 299 g/mol. The Hall–Kier alpha value is -0.980. The van der Waals surface area contributed by atoms with Crippen LogP contribution < -0.4 is 0 Å². The number of halogens is 1. The zero-order chi connectivity index (χ0) is 14.3. The summed E-state index contributed by atoms with van der Waals surface area (Å²) >= 11 is 0. The maximum Gasteiger partial charge on any atom is 0.219 e. The highest BCUT2D eigenvalue weighted by Gasteiger charge is 2.40. The Balaban J connectivity index is 1.86. The largest absolute Gasteiger partial charge is 0.377 e. The third kappa shape index (κ3) is 2.25. The summed E-state index contributed by atoms with van der Waals surface area (Å²) in [7, 11) is -3.38. The van der Waals surface area contributed by atoms with Gasteiger partial charge in [0.15, 0.2) is 0 Å². The number of benzene rings is 1. The van der Waals surface area contributed by atoms with Gasteiger partial charge in [-0.15, -0.1) is 0 Å². The van der Waals surface area contributed by atoms with Crippen LogP contribution >= 0.6 is 0 Å². The molecule has 0 spiro atoms. The molecule has 0 aromatic heterocycles. The highest BCUT2D eigenvalue weighted by molar-refractivity contribution is 7.89. The van der Waals surface area contributed by atoms with E-state index in [0.717, 1.165) is 5.56 Å². The maximum atomic E-state index is 13.7. The van der Waals surface area contributed by atoms with Crippen molar-refractivity contribution in [2.24, 2.45) is 0 Å². The van der Waals surface area contributed by atoms with Crippen LogP contribution in [0.3, 0.4) is 0 Å². The molecule has 2 heterocycles. The number of ether oxygens (including phenoxy) is 1. The van der Waals surface area contributed by atoms with Gasteiger partial charge in [-0.05, 0) is 37.0 Å². The predicted octanol–water partition coefficient (Wildman–Crippen LogP) is 1.69. The molecular weight excluding hydrogens is 281 g/mol. The van der Waals surface area contributed by atoms with Crippen LogP contribution in [0.15, 0.2) is 18.2 Å². The van der Waals surface area contributed by atoms with Crippen LogP contribution in [0, 0.1) is 5.82 Å². The normalized spacial score (nSPS) is 27.5. The van der Waals surface area contributed by atoms with Crippen LogP contribution in [0.4, 0.5) is 4.39 Å². The second-order valence-corrected chi connectivity index (χ2v) is 7.56. The first kappa shape index (κ1) is 14.0. The number of nitrogens with zero attached hydrogens (tertiary/aromatic N) is 1. The SMILES string of the molecule is C[C@H]1OCC[C@@H]1S(=O)(=O)N1CCc2c(F)cccc2C1. The molecular formula is C14H18FNO3S. The summed E-state index contributed by atoms with van der Waals surface area (Å²) < 4.78 is 45.8. The Bertz CT molecular complexity index is 617. The van der Waals surface area contributed by atoms with Gasteiger partial charge in [0.2, 0.25) is 10.0 Å². The summed E-state index contributed by atoms with van der Waals surface area (Å²) in [6.45, 7) is 2.90. The van der Waals surface area contributed by atoms with Crippen molar-refractivity contribution < 1.29 is 17.5 Å². The molecule has 1 saturated heterocycles. The fraction of sp³-hybridized carbons (Fsp3) is 0.571. The van der Waals surface area contributed by atoms with Gasteiger partial charge in [0.25, 0.3) is 0 Å². The molecule has 1 aromatic carbocycles. The number of sulfonamides is 1. The molecule has 0 aliphatic carbocycles. The fourth-order valence-electron chi connectivity index (χ4n) is 3.05. The van der Waals surface area contributed by atoms with Crippen molar-refractivity contribution in [2.75, 3.05) is 13.2 Å². The van der Waals surface area contributed by atoms with Crippen molar-refractivity contribution in [3.05, 3.63) is 35.1 Å². The minimum atomic E-state index is -3.38. The summed E-state index contributed by atoms with van der Waals surface area (Å²) in [5.74, 6) is -0.239. The van der Waals surface area contributed by atoms with Gasteiger partial charge in [0, 0.05) is 19.7 Å². The number of hydrogen-bond acceptors (Lipinski definition) is 3. The Kier molecular flexibility index (Phi) is 3.56. The van der Waals surface area contributed by atoms with Crippen LogP contribution in [-0.4, -0.2) is 37.2 Å². The lowest BCUT2D eigenvalue weighted by atomic mass is 10.0. The lowest BCUT2D eigenvalue weighted by Gasteiger charge is -2.31. The molecule has 0 amide bonds. The van der Waals surface area contributed by atoms with E-state index in [1.807, 2.05) is 0 Å². The number of rotatable bonds is 2. The Morgan fingerprint density at radius 2 is 2.20 bits per heavy atom. The van der Waals surface area contributed by atoms with Crippen molar-refractivity contribution in [1.29, 1.82) is 0 Å². The molecule has 110 valence electrons. The van der Waals surface area contributed by atoms with E-state index >= 15 is 0 Å². The third-order valence-corrected chi connectivity index (χ3v) is 6.64. The lowest BCUT2D eigenvalue weighted by Crippen LogP contribution is -2.44. The zero-order valence-electron chi connectivity index (χ0n) is 11.4. The molecule has 0 unspecified atom stereocenters. The van der Waals surface area contributed by atoms with Crippen molar-refractivity contribution in [3.8, 4) is 0 Å². The molecule has 2 atom stereocenters. The van der Waals surface area contributed by atoms with Crippen molar-refractivity contribution >= 4 is 10.0 Å². The summed E-state index contributed by atoms with van der Waals surface area (Å²) in [5.41, 5.74) is 1.42. The van der Waals surface area contributed by atoms with Crippen molar-refractivity contribution in [2.45, 2.75) is 37.7 Å². The summed E-state index contributed by atoms with van der Waals surface area (Å²) in [6.07, 6.45) is 0.702. The van der Waals surface area contributed by atoms with Gasteiger partial charge in [-0.3, -0.25) is 0 Å². The third-order valence-electron chi connectivity index (χ3n) is 4.22. The standard InChI is InChI=1S/C14H18FNO3S/c1-10-14(6-8-19-10)20(17,18)16-7-5-12-11(9-16)3-2-4-13(12)15/h2-4,10,14H,5-9H2,1H3/t10-,14+/m1/s1. The van der Waals surface area contributed by atoms with E-state index in [2.05, 4.69) is 0 Å². The molecule has 0 saturated carbocycles. The summed E-state index contributed by atoms with van der Waals surface area (Å²) in [5, 5.41) is -0.474. The molecule has 1 aromatic rings. The molecule has 20 heavy (non-hydrogen) atoms. The van der Waals surface area contributed by atoms with Crippen molar-refractivity contribution in [1.82, 2.24) is 4.31 Å². The van der Waals surface area contributed by atoms with Crippen molar-refractivity contribution in [3.63, 3.8) is 0 Å². The van der Waals surface area contributed by atoms with Gasteiger partial charge in [-0.2, -0.15) is 4.31 Å². The molecule has 2 aliphatic heterocycles. The van der Waals surface area contributed by atoms with Gasteiger partial charge >= 0.3 is 0 Å². The average Bonchev–Trinajstić information content (AvgIpc) is 2.85. The quantitative estimate of drug-likeness (QED) is 0.835. The Labute approximate surface area is 118 Å². The molecule has 3 rings (SSSR count). The molecule has 0 bridgehead atoms. The van der Waals surface area contributed by atoms with Crippen LogP contribution in [0.1, 0.15) is 24.5 Å². The minimum absolute atomic E-state index is 0.239. The molecule has 0 radical (unpaired) electrons. The van der Waals surface area contributed by atoms with Gasteiger partial charge in [-0.25, -0.2) is 12.8 Å². The number of hydrogen-bond donors (Lipinski definition) is 0.